The minimum Gasteiger partial charge on any atom is -0.382 e. The Labute approximate surface area is 125 Å². The number of nitrogens with one attached hydrogen (secondary N) is 1. The summed E-state index contributed by atoms with van der Waals surface area (Å²) >= 11 is 2.10. The van der Waals surface area contributed by atoms with Crippen LogP contribution in [0.15, 0.2) is 18.2 Å². The van der Waals surface area contributed by atoms with Crippen molar-refractivity contribution in [2.24, 2.45) is 0 Å². The van der Waals surface area contributed by atoms with Gasteiger partial charge in [0.15, 0.2) is 0 Å². The topological polar surface area (TPSA) is 67.6 Å². The van der Waals surface area contributed by atoms with Crippen molar-refractivity contribution in [2.75, 3.05) is 38.6 Å². The second-order valence-electron chi connectivity index (χ2n) is 4.56. The number of hydrogen-bond donors (Lipinski definition) is 1. The lowest BCUT2D eigenvalue weighted by Crippen LogP contribution is -2.43. The van der Waals surface area contributed by atoms with Crippen molar-refractivity contribution in [1.82, 2.24) is 4.90 Å². The van der Waals surface area contributed by atoms with Gasteiger partial charge in [0.05, 0.1) is 17.6 Å². The van der Waals surface area contributed by atoms with E-state index in [2.05, 4.69) is 39.9 Å². The molecule has 1 aliphatic rings. The zero-order chi connectivity index (χ0) is 13.8. The molecule has 1 aromatic carbocycles. The highest BCUT2D eigenvalue weighted by molar-refractivity contribution is 14.1. The summed E-state index contributed by atoms with van der Waals surface area (Å²) in [6.07, 6.45) is 0.157. The first-order valence-electron chi connectivity index (χ1n) is 6.04. The highest BCUT2D eigenvalue weighted by Gasteiger charge is 2.18. The summed E-state index contributed by atoms with van der Waals surface area (Å²) in [5, 5.41) is 13.9. The SMILES string of the molecule is CN1CCOC(CNc2ccc([N+](=O)[O-])cc2I)C1. The van der Waals surface area contributed by atoms with Crippen LogP contribution in [0, 0.1) is 13.7 Å². The molecule has 0 spiro atoms. The van der Waals surface area contributed by atoms with E-state index in [1.807, 2.05) is 0 Å². The van der Waals surface area contributed by atoms with E-state index in [0.717, 1.165) is 29.0 Å². The monoisotopic (exact) mass is 377 g/mol. The molecule has 1 aromatic rings. The van der Waals surface area contributed by atoms with Crippen molar-refractivity contribution < 1.29 is 9.66 Å². The van der Waals surface area contributed by atoms with Crippen LogP contribution in [0.3, 0.4) is 0 Å². The highest BCUT2D eigenvalue weighted by atomic mass is 127. The number of non-ortho nitro benzene ring substituents is 1. The number of morpholine rings is 1. The van der Waals surface area contributed by atoms with Crippen LogP contribution in [0.1, 0.15) is 0 Å². The van der Waals surface area contributed by atoms with E-state index in [4.69, 9.17) is 4.74 Å². The average molecular weight is 377 g/mol. The second-order valence-corrected chi connectivity index (χ2v) is 5.72. The summed E-state index contributed by atoms with van der Waals surface area (Å²) in [5.74, 6) is 0. The molecule has 1 saturated heterocycles. The lowest BCUT2D eigenvalue weighted by molar-refractivity contribution is -0.384. The van der Waals surface area contributed by atoms with Gasteiger partial charge in [0.1, 0.15) is 0 Å². The van der Waals surface area contributed by atoms with Gasteiger partial charge in [0.2, 0.25) is 0 Å². The third-order valence-corrected chi connectivity index (χ3v) is 3.92. The molecule has 104 valence electrons. The van der Waals surface area contributed by atoms with Crippen LogP contribution < -0.4 is 5.32 Å². The Morgan fingerprint density at radius 1 is 1.63 bits per heavy atom. The van der Waals surface area contributed by atoms with Crippen LogP contribution in [-0.4, -0.2) is 49.2 Å². The maximum absolute atomic E-state index is 10.7. The first-order valence-corrected chi connectivity index (χ1v) is 7.12. The van der Waals surface area contributed by atoms with E-state index in [1.165, 1.54) is 6.07 Å². The molecular weight excluding hydrogens is 361 g/mol. The maximum Gasteiger partial charge on any atom is 0.270 e. The molecule has 7 heteroatoms. The normalized spacial score (nSPS) is 20.2. The van der Waals surface area contributed by atoms with E-state index in [1.54, 1.807) is 12.1 Å². The minimum atomic E-state index is -0.384. The zero-order valence-electron chi connectivity index (χ0n) is 10.6. The van der Waals surface area contributed by atoms with Crippen molar-refractivity contribution in [3.05, 3.63) is 31.9 Å². The van der Waals surface area contributed by atoms with E-state index in [9.17, 15) is 10.1 Å². The molecule has 1 atom stereocenters. The molecule has 0 bridgehead atoms. The van der Waals surface area contributed by atoms with Crippen molar-refractivity contribution in [3.8, 4) is 0 Å². The third kappa shape index (κ3) is 4.02. The number of halogens is 1. The molecule has 0 radical (unpaired) electrons. The highest BCUT2D eigenvalue weighted by Crippen LogP contribution is 2.23. The van der Waals surface area contributed by atoms with Gasteiger partial charge in [0.25, 0.3) is 5.69 Å². The number of hydrogen-bond acceptors (Lipinski definition) is 5. The summed E-state index contributed by atoms with van der Waals surface area (Å²) in [7, 11) is 2.07. The van der Waals surface area contributed by atoms with Gasteiger partial charge in [-0.25, -0.2) is 0 Å². The van der Waals surface area contributed by atoms with Gasteiger partial charge in [-0.05, 0) is 35.7 Å². The predicted octanol–water partition coefficient (Wildman–Crippen LogP) is 1.94. The molecule has 1 N–H and O–H groups in total. The molecule has 1 fully saturated rings. The summed E-state index contributed by atoms with van der Waals surface area (Å²) in [4.78, 5) is 12.5. The molecule has 1 aliphatic heterocycles. The number of rotatable bonds is 4. The van der Waals surface area contributed by atoms with E-state index in [-0.39, 0.29) is 16.7 Å². The van der Waals surface area contributed by atoms with Gasteiger partial charge >= 0.3 is 0 Å². The third-order valence-electron chi connectivity index (χ3n) is 3.03. The largest absolute Gasteiger partial charge is 0.382 e. The molecule has 0 amide bonds. The number of anilines is 1. The molecule has 2 rings (SSSR count). The molecule has 0 saturated carbocycles. The summed E-state index contributed by atoms with van der Waals surface area (Å²) in [6, 6.07) is 4.82. The van der Waals surface area contributed by atoms with Crippen molar-refractivity contribution >= 4 is 34.0 Å². The lowest BCUT2D eigenvalue weighted by atomic mass is 10.2. The smallest absolute Gasteiger partial charge is 0.270 e. The summed E-state index contributed by atoms with van der Waals surface area (Å²) in [5.41, 5.74) is 1.02. The number of nitrogens with zero attached hydrogens (tertiary/aromatic N) is 2. The van der Waals surface area contributed by atoms with Gasteiger partial charge < -0.3 is 15.0 Å². The Bertz CT molecular complexity index is 470. The fraction of sp³-hybridized carbons (Fsp3) is 0.500. The van der Waals surface area contributed by atoms with Crippen molar-refractivity contribution in [3.63, 3.8) is 0 Å². The maximum atomic E-state index is 10.7. The quantitative estimate of drug-likeness (QED) is 0.494. The summed E-state index contributed by atoms with van der Waals surface area (Å²) in [6.45, 7) is 3.32. The molecule has 1 heterocycles. The van der Waals surface area contributed by atoms with E-state index >= 15 is 0 Å². The molecule has 0 aliphatic carbocycles. The van der Waals surface area contributed by atoms with Crippen molar-refractivity contribution in [2.45, 2.75) is 6.10 Å². The Kier molecular flexibility index (Phi) is 4.94. The molecular formula is C12H16IN3O3. The number of likely N-dealkylation sites (N-methyl/N-ethyl adjacent to an activating group) is 1. The Morgan fingerprint density at radius 3 is 3.05 bits per heavy atom. The number of ether oxygens (including phenoxy) is 1. The Morgan fingerprint density at radius 2 is 2.42 bits per heavy atom. The number of benzene rings is 1. The van der Waals surface area contributed by atoms with E-state index in [0.29, 0.717) is 6.54 Å². The fourth-order valence-corrected chi connectivity index (χ4v) is 2.66. The van der Waals surface area contributed by atoms with Crippen LogP contribution >= 0.6 is 22.6 Å². The Balaban J connectivity index is 1.94. The molecule has 0 aromatic heterocycles. The summed E-state index contributed by atoms with van der Waals surface area (Å²) < 4.78 is 6.50. The van der Waals surface area contributed by atoms with Crippen LogP contribution in [0.4, 0.5) is 11.4 Å². The predicted molar refractivity (Wildman–Crippen MR) is 81.5 cm³/mol. The molecule has 6 nitrogen and oxygen atoms in total. The van der Waals surface area contributed by atoms with Crippen LogP contribution in [-0.2, 0) is 4.74 Å². The fourth-order valence-electron chi connectivity index (χ4n) is 1.98. The zero-order valence-corrected chi connectivity index (χ0v) is 12.8. The number of nitro benzene ring substituents is 1. The van der Waals surface area contributed by atoms with Crippen molar-refractivity contribution in [1.29, 1.82) is 0 Å². The lowest BCUT2D eigenvalue weighted by Gasteiger charge is -2.30. The van der Waals surface area contributed by atoms with Crippen LogP contribution in [0.25, 0.3) is 0 Å². The number of nitro groups is 1. The molecule has 1 unspecified atom stereocenters. The second kappa shape index (κ2) is 6.49. The van der Waals surface area contributed by atoms with Crippen LogP contribution in [0.5, 0.6) is 0 Å². The minimum absolute atomic E-state index is 0.114. The molecule has 19 heavy (non-hydrogen) atoms. The first kappa shape index (κ1) is 14.5. The Hall–Kier alpha value is -0.930. The van der Waals surface area contributed by atoms with Gasteiger partial charge in [0, 0.05) is 41.0 Å². The first-order chi connectivity index (χ1) is 9.06. The van der Waals surface area contributed by atoms with Crippen LogP contribution in [0.2, 0.25) is 0 Å². The standard InChI is InChI=1S/C12H16IN3O3/c1-15-4-5-19-10(8-15)7-14-12-3-2-9(16(17)18)6-11(12)13/h2-3,6,10,14H,4-5,7-8H2,1H3. The van der Waals surface area contributed by atoms with E-state index < -0.39 is 0 Å². The van der Waals surface area contributed by atoms with Gasteiger partial charge in [-0.15, -0.1) is 0 Å². The van der Waals surface area contributed by atoms with Gasteiger partial charge in [-0.3, -0.25) is 10.1 Å². The van der Waals surface area contributed by atoms with Gasteiger partial charge in [-0.1, -0.05) is 0 Å². The average Bonchev–Trinajstić information content (AvgIpc) is 2.37. The van der Waals surface area contributed by atoms with Gasteiger partial charge in [-0.2, -0.15) is 0 Å².